The maximum Gasteiger partial charge on any atom is 0.306 e. The van der Waals surface area contributed by atoms with E-state index in [9.17, 15) is 14.4 Å². The van der Waals surface area contributed by atoms with Crippen LogP contribution in [-0.2, 0) is 28.6 Å². The molecule has 0 aliphatic rings. The summed E-state index contributed by atoms with van der Waals surface area (Å²) in [6.45, 7) is 6.50. The third-order valence-corrected chi connectivity index (χ3v) is 13.3. The Hall–Kier alpha value is -2.63. The summed E-state index contributed by atoms with van der Waals surface area (Å²) in [5.41, 5.74) is 0. The van der Waals surface area contributed by atoms with E-state index in [-0.39, 0.29) is 31.1 Å². The number of allylic oxidation sites excluding steroid dienone is 8. The van der Waals surface area contributed by atoms with Crippen molar-refractivity contribution in [1.29, 1.82) is 0 Å². The van der Waals surface area contributed by atoms with E-state index < -0.39 is 6.10 Å². The summed E-state index contributed by atoms with van der Waals surface area (Å²) >= 11 is 0. The van der Waals surface area contributed by atoms with Crippen molar-refractivity contribution in [3.05, 3.63) is 48.6 Å². The zero-order valence-electron chi connectivity index (χ0n) is 46.1. The molecule has 0 N–H and O–H groups in total. The van der Waals surface area contributed by atoms with Gasteiger partial charge in [-0.05, 0) is 57.8 Å². The van der Waals surface area contributed by atoms with Gasteiger partial charge in [0.25, 0.3) is 0 Å². The van der Waals surface area contributed by atoms with Crippen molar-refractivity contribution in [2.24, 2.45) is 0 Å². The molecule has 0 spiro atoms. The van der Waals surface area contributed by atoms with E-state index in [1.165, 1.54) is 186 Å². The van der Waals surface area contributed by atoms with Crippen LogP contribution in [0, 0.1) is 0 Å². The molecular formula is C63H114O6. The molecule has 0 rings (SSSR count). The molecule has 0 fully saturated rings. The molecule has 0 heterocycles. The summed E-state index contributed by atoms with van der Waals surface area (Å²) in [7, 11) is 0. The summed E-state index contributed by atoms with van der Waals surface area (Å²) < 4.78 is 16.8. The highest BCUT2D eigenvalue weighted by molar-refractivity contribution is 5.71. The topological polar surface area (TPSA) is 78.9 Å². The van der Waals surface area contributed by atoms with E-state index in [0.29, 0.717) is 19.3 Å². The van der Waals surface area contributed by atoms with Gasteiger partial charge in [-0.25, -0.2) is 0 Å². The molecule has 0 bridgehead atoms. The Morgan fingerprint density at radius 2 is 0.565 bits per heavy atom. The second kappa shape index (κ2) is 57.9. The Labute approximate surface area is 428 Å². The molecule has 0 amide bonds. The van der Waals surface area contributed by atoms with E-state index in [0.717, 1.165) is 89.9 Å². The Morgan fingerprint density at radius 3 is 0.884 bits per heavy atom. The number of carbonyl (C=O) groups excluding carboxylic acids is 3. The number of hydrogen-bond donors (Lipinski definition) is 0. The summed E-state index contributed by atoms with van der Waals surface area (Å²) in [6.07, 6.45) is 71.5. The lowest BCUT2D eigenvalue weighted by Crippen LogP contribution is -2.30. The van der Waals surface area contributed by atoms with Gasteiger partial charge >= 0.3 is 17.9 Å². The number of rotatable bonds is 55. The normalized spacial score (nSPS) is 12.3. The van der Waals surface area contributed by atoms with Crippen molar-refractivity contribution in [3.63, 3.8) is 0 Å². The minimum absolute atomic E-state index is 0.0729. The van der Waals surface area contributed by atoms with Crippen LogP contribution in [0.15, 0.2) is 48.6 Å². The van der Waals surface area contributed by atoms with Crippen molar-refractivity contribution in [2.45, 2.75) is 322 Å². The predicted octanol–water partition coefficient (Wildman–Crippen LogP) is 20.2. The largest absolute Gasteiger partial charge is 0.462 e. The van der Waals surface area contributed by atoms with Crippen LogP contribution in [0.2, 0.25) is 0 Å². The van der Waals surface area contributed by atoms with Gasteiger partial charge in [0, 0.05) is 19.3 Å². The van der Waals surface area contributed by atoms with E-state index >= 15 is 0 Å². The molecule has 6 nitrogen and oxygen atoms in total. The highest BCUT2D eigenvalue weighted by Gasteiger charge is 2.19. The van der Waals surface area contributed by atoms with Gasteiger partial charge in [0.15, 0.2) is 6.10 Å². The van der Waals surface area contributed by atoms with Crippen molar-refractivity contribution in [1.82, 2.24) is 0 Å². The summed E-state index contributed by atoms with van der Waals surface area (Å²) in [4.78, 5) is 37.9. The maximum atomic E-state index is 12.8. The first-order chi connectivity index (χ1) is 34.0. The first-order valence-electron chi connectivity index (χ1n) is 30.1. The van der Waals surface area contributed by atoms with Crippen LogP contribution in [0.5, 0.6) is 0 Å². The van der Waals surface area contributed by atoms with Crippen LogP contribution >= 0.6 is 0 Å². The van der Waals surface area contributed by atoms with Crippen molar-refractivity contribution >= 4 is 17.9 Å². The van der Waals surface area contributed by atoms with Crippen LogP contribution in [0.25, 0.3) is 0 Å². The third kappa shape index (κ3) is 56.2. The maximum absolute atomic E-state index is 12.8. The molecule has 1 atom stereocenters. The summed E-state index contributed by atoms with van der Waals surface area (Å²) in [6, 6.07) is 0. The lowest BCUT2D eigenvalue weighted by molar-refractivity contribution is -0.167. The van der Waals surface area contributed by atoms with Crippen molar-refractivity contribution in [2.75, 3.05) is 13.2 Å². The van der Waals surface area contributed by atoms with Crippen molar-refractivity contribution in [3.8, 4) is 0 Å². The van der Waals surface area contributed by atoms with Crippen LogP contribution in [0.4, 0.5) is 0 Å². The van der Waals surface area contributed by atoms with Gasteiger partial charge < -0.3 is 14.2 Å². The molecule has 0 saturated carbocycles. The second-order valence-corrected chi connectivity index (χ2v) is 20.2. The standard InChI is InChI=1S/C63H114O6/c1-4-7-10-13-16-18-20-22-24-26-28-30-31-32-34-35-37-39-41-43-45-47-50-53-56-62(65)68-59-60(58-67-61(64)55-52-49-15-12-9-6-3)69-63(66)57-54-51-48-46-44-42-40-38-36-33-29-27-25-23-21-19-17-14-11-8-5-2/h8,11,17,19,23,25,29,33,60H,4-7,9-10,12-16,18,20-22,24,26-28,30-32,34-59H2,1-3H3/b11-8-,19-17-,25-23-,33-29-. The van der Waals surface area contributed by atoms with E-state index in [1.54, 1.807) is 0 Å². The second-order valence-electron chi connectivity index (χ2n) is 20.2. The Kier molecular flexibility index (Phi) is 55.7. The van der Waals surface area contributed by atoms with E-state index in [1.807, 2.05) is 0 Å². The summed E-state index contributed by atoms with van der Waals surface area (Å²) in [5.74, 6) is -0.875. The fourth-order valence-corrected chi connectivity index (χ4v) is 8.85. The zero-order valence-corrected chi connectivity index (χ0v) is 46.1. The number of hydrogen-bond acceptors (Lipinski definition) is 6. The average molecular weight is 968 g/mol. The molecule has 0 saturated heterocycles. The molecule has 69 heavy (non-hydrogen) atoms. The molecule has 0 aromatic rings. The Morgan fingerprint density at radius 1 is 0.304 bits per heavy atom. The van der Waals surface area contributed by atoms with E-state index in [2.05, 4.69) is 69.4 Å². The van der Waals surface area contributed by atoms with E-state index in [4.69, 9.17) is 14.2 Å². The SMILES string of the molecule is CC/C=C\C/C=C\C/C=C\C/C=C\CCCCCCCCCCC(=O)OC(COC(=O)CCCCCCCC)COC(=O)CCCCCCCCCCCCCCCCCCCCCCCCCC. The Balaban J connectivity index is 4.09. The quantitative estimate of drug-likeness (QED) is 0.0262. The first-order valence-corrected chi connectivity index (χ1v) is 30.1. The fourth-order valence-electron chi connectivity index (χ4n) is 8.85. The predicted molar refractivity (Wildman–Crippen MR) is 298 cm³/mol. The molecule has 0 aliphatic heterocycles. The minimum Gasteiger partial charge on any atom is -0.462 e. The van der Waals surface area contributed by atoms with Crippen LogP contribution in [-0.4, -0.2) is 37.2 Å². The molecule has 402 valence electrons. The zero-order chi connectivity index (χ0) is 50.0. The lowest BCUT2D eigenvalue weighted by Gasteiger charge is -2.18. The molecule has 1 unspecified atom stereocenters. The van der Waals surface area contributed by atoms with Crippen LogP contribution < -0.4 is 0 Å². The fraction of sp³-hybridized carbons (Fsp3) is 0.825. The van der Waals surface area contributed by atoms with Crippen LogP contribution in [0.3, 0.4) is 0 Å². The number of ether oxygens (including phenoxy) is 3. The van der Waals surface area contributed by atoms with Gasteiger partial charge in [0.05, 0.1) is 0 Å². The molecule has 0 radical (unpaired) electrons. The first kappa shape index (κ1) is 66.4. The van der Waals surface area contributed by atoms with Gasteiger partial charge in [0.1, 0.15) is 13.2 Å². The highest BCUT2D eigenvalue weighted by atomic mass is 16.6. The minimum atomic E-state index is -0.772. The van der Waals surface area contributed by atoms with Gasteiger partial charge in [-0.1, -0.05) is 288 Å². The monoisotopic (exact) mass is 967 g/mol. The molecule has 0 aromatic carbocycles. The highest BCUT2D eigenvalue weighted by Crippen LogP contribution is 2.17. The Bertz CT molecular complexity index is 1200. The smallest absolute Gasteiger partial charge is 0.306 e. The van der Waals surface area contributed by atoms with Crippen molar-refractivity contribution < 1.29 is 28.6 Å². The molecule has 6 heteroatoms. The van der Waals surface area contributed by atoms with Gasteiger partial charge in [-0.2, -0.15) is 0 Å². The number of unbranched alkanes of at least 4 members (excludes halogenated alkanes) is 36. The molecule has 0 aromatic heterocycles. The third-order valence-electron chi connectivity index (χ3n) is 13.3. The lowest BCUT2D eigenvalue weighted by atomic mass is 10.0. The van der Waals surface area contributed by atoms with Gasteiger partial charge in [-0.3, -0.25) is 14.4 Å². The number of esters is 3. The average Bonchev–Trinajstić information content (AvgIpc) is 3.35. The molecular weight excluding hydrogens is 853 g/mol. The summed E-state index contributed by atoms with van der Waals surface area (Å²) in [5, 5.41) is 0. The van der Waals surface area contributed by atoms with Gasteiger partial charge in [-0.15, -0.1) is 0 Å². The molecule has 0 aliphatic carbocycles. The number of carbonyl (C=O) groups is 3. The van der Waals surface area contributed by atoms with Gasteiger partial charge in [0.2, 0.25) is 0 Å². The van der Waals surface area contributed by atoms with Crippen LogP contribution in [0.1, 0.15) is 316 Å².